The van der Waals surface area contributed by atoms with Gasteiger partial charge in [-0.15, -0.1) is 0 Å². The van der Waals surface area contributed by atoms with Gasteiger partial charge in [0.25, 0.3) is 0 Å². The number of rotatable bonds is 2. The van der Waals surface area contributed by atoms with Crippen molar-refractivity contribution in [3.05, 3.63) is 28.6 Å². The lowest BCUT2D eigenvalue weighted by molar-refractivity contribution is 0.301. The monoisotopic (exact) mass is 308 g/mol. The molecule has 2 N–H and O–H groups in total. The Kier molecular flexibility index (Phi) is 3.39. The lowest BCUT2D eigenvalue weighted by Gasteiger charge is -2.25. The molecule has 1 saturated carbocycles. The average molecular weight is 309 g/mol. The number of hydrogen-bond donors (Lipinski definition) is 1. The van der Waals surface area contributed by atoms with Crippen LogP contribution in [-0.2, 0) is 0 Å². The Morgan fingerprint density at radius 3 is 2.78 bits per heavy atom. The lowest BCUT2D eigenvalue weighted by atomic mass is 9.82. The zero-order valence-corrected chi connectivity index (χ0v) is 11.8. The van der Waals surface area contributed by atoms with Crippen LogP contribution in [0.15, 0.2) is 27.1 Å². The van der Waals surface area contributed by atoms with Gasteiger partial charge in [0.15, 0.2) is 11.5 Å². The fraction of sp³-hybridized carbons (Fsp3) is 0.500. The molecule has 0 aliphatic heterocycles. The van der Waals surface area contributed by atoms with Gasteiger partial charge in [-0.05, 0) is 56.3 Å². The number of hydrogen-bond acceptors (Lipinski definition) is 3. The van der Waals surface area contributed by atoms with E-state index in [0.717, 1.165) is 40.8 Å². The summed E-state index contributed by atoms with van der Waals surface area (Å²) in [5.74, 6) is 2.07. The van der Waals surface area contributed by atoms with Crippen LogP contribution in [0.2, 0.25) is 0 Å². The maximum Gasteiger partial charge on any atom is 0.198 e. The second-order valence-corrected chi connectivity index (χ2v) is 6.03. The standard InChI is InChI=1S/C14H17BrN2O/c15-11-5-6-13-12(7-11)17-14(18-13)10-3-1-9(8-16)2-4-10/h5-7,9-10H,1-4,8,16H2. The van der Waals surface area contributed by atoms with Crippen LogP contribution in [0.1, 0.15) is 37.5 Å². The topological polar surface area (TPSA) is 52.0 Å². The summed E-state index contributed by atoms with van der Waals surface area (Å²) in [4.78, 5) is 4.62. The second-order valence-electron chi connectivity index (χ2n) is 5.12. The summed E-state index contributed by atoms with van der Waals surface area (Å²) in [5, 5.41) is 0. The van der Waals surface area contributed by atoms with Gasteiger partial charge in [0.05, 0.1) is 0 Å². The van der Waals surface area contributed by atoms with Crippen LogP contribution in [-0.4, -0.2) is 11.5 Å². The quantitative estimate of drug-likeness (QED) is 0.917. The van der Waals surface area contributed by atoms with Gasteiger partial charge < -0.3 is 10.2 Å². The molecule has 3 nitrogen and oxygen atoms in total. The first-order valence-electron chi connectivity index (χ1n) is 6.52. The van der Waals surface area contributed by atoms with Gasteiger partial charge >= 0.3 is 0 Å². The number of nitrogens with two attached hydrogens (primary N) is 1. The van der Waals surface area contributed by atoms with E-state index in [0.29, 0.717) is 11.8 Å². The molecule has 2 aromatic rings. The molecule has 0 spiro atoms. The first kappa shape index (κ1) is 12.2. The Balaban J connectivity index is 1.82. The third-order valence-electron chi connectivity index (χ3n) is 3.90. The maximum atomic E-state index is 5.87. The normalized spacial score (nSPS) is 24.6. The largest absolute Gasteiger partial charge is 0.440 e. The second kappa shape index (κ2) is 5.02. The van der Waals surface area contributed by atoms with Crippen LogP contribution >= 0.6 is 15.9 Å². The summed E-state index contributed by atoms with van der Waals surface area (Å²) >= 11 is 3.46. The summed E-state index contributed by atoms with van der Waals surface area (Å²) < 4.78 is 6.91. The van der Waals surface area contributed by atoms with E-state index in [1.165, 1.54) is 12.8 Å². The Morgan fingerprint density at radius 1 is 1.28 bits per heavy atom. The minimum atomic E-state index is 0.471. The highest BCUT2D eigenvalue weighted by atomic mass is 79.9. The Morgan fingerprint density at radius 2 is 2.06 bits per heavy atom. The predicted molar refractivity (Wildman–Crippen MR) is 75.5 cm³/mol. The number of benzene rings is 1. The summed E-state index contributed by atoms with van der Waals surface area (Å²) in [6, 6.07) is 5.97. The molecule has 0 radical (unpaired) electrons. The van der Waals surface area contributed by atoms with Gasteiger partial charge in [-0.2, -0.15) is 0 Å². The van der Waals surface area contributed by atoms with Crippen molar-refractivity contribution in [3.63, 3.8) is 0 Å². The van der Waals surface area contributed by atoms with Crippen molar-refractivity contribution in [2.45, 2.75) is 31.6 Å². The summed E-state index contributed by atoms with van der Waals surface area (Å²) in [6.45, 7) is 0.813. The molecule has 1 aromatic heterocycles. The van der Waals surface area contributed by atoms with Gasteiger partial charge in [0.2, 0.25) is 0 Å². The molecule has 0 unspecified atom stereocenters. The highest BCUT2D eigenvalue weighted by molar-refractivity contribution is 9.10. The molecule has 1 heterocycles. The molecule has 4 heteroatoms. The number of aromatic nitrogens is 1. The molecule has 0 amide bonds. The molecule has 3 rings (SSSR count). The van der Waals surface area contributed by atoms with Crippen LogP contribution in [0.5, 0.6) is 0 Å². The predicted octanol–water partition coefficient (Wildman–Crippen LogP) is 3.82. The van der Waals surface area contributed by atoms with E-state index in [1.54, 1.807) is 0 Å². The van der Waals surface area contributed by atoms with Gasteiger partial charge in [-0.3, -0.25) is 0 Å². The van der Waals surface area contributed by atoms with E-state index < -0.39 is 0 Å². The van der Waals surface area contributed by atoms with Crippen LogP contribution in [0, 0.1) is 5.92 Å². The summed E-state index contributed by atoms with van der Waals surface area (Å²) in [6.07, 6.45) is 4.69. The zero-order chi connectivity index (χ0) is 12.5. The number of halogens is 1. The van der Waals surface area contributed by atoms with E-state index >= 15 is 0 Å². The van der Waals surface area contributed by atoms with Crippen molar-refractivity contribution in [2.75, 3.05) is 6.54 Å². The Hall–Kier alpha value is -0.870. The smallest absolute Gasteiger partial charge is 0.198 e. The highest BCUT2D eigenvalue weighted by Gasteiger charge is 2.25. The first-order chi connectivity index (χ1) is 8.76. The molecule has 96 valence electrons. The van der Waals surface area contributed by atoms with E-state index in [9.17, 15) is 0 Å². The van der Waals surface area contributed by atoms with E-state index in [1.807, 2.05) is 18.2 Å². The van der Waals surface area contributed by atoms with Gasteiger partial charge in [0.1, 0.15) is 5.52 Å². The molecule has 1 aliphatic rings. The van der Waals surface area contributed by atoms with Crippen molar-refractivity contribution in [2.24, 2.45) is 11.7 Å². The molecule has 1 aromatic carbocycles. The Labute approximate surface area is 115 Å². The van der Waals surface area contributed by atoms with Crippen molar-refractivity contribution in [1.82, 2.24) is 4.98 Å². The third-order valence-corrected chi connectivity index (χ3v) is 4.39. The fourth-order valence-corrected chi connectivity index (χ4v) is 3.09. The fourth-order valence-electron chi connectivity index (χ4n) is 2.74. The molecular weight excluding hydrogens is 292 g/mol. The molecule has 0 saturated heterocycles. The molecule has 0 bridgehead atoms. The van der Waals surface area contributed by atoms with Crippen molar-refractivity contribution in [1.29, 1.82) is 0 Å². The molecular formula is C14H17BrN2O. The maximum absolute atomic E-state index is 5.87. The minimum Gasteiger partial charge on any atom is -0.440 e. The van der Waals surface area contributed by atoms with Gasteiger partial charge in [-0.1, -0.05) is 15.9 Å². The summed E-state index contributed by atoms with van der Waals surface area (Å²) in [7, 11) is 0. The highest BCUT2D eigenvalue weighted by Crippen LogP contribution is 2.36. The van der Waals surface area contributed by atoms with Crippen LogP contribution in [0.25, 0.3) is 11.1 Å². The van der Waals surface area contributed by atoms with E-state index in [4.69, 9.17) is 10.2 Å². The number of oxazole rings is 1. The number of fused-ring (bicyclic) bond motifs is 1. The Bertz CT molecular complexity index is 544. The van der Waals surface area contributed by atoms with Crippen molar-refractivity contribution >= 4 is 27.0 Å². The minimum absolute atomic E-state index is 0.471. The van der Waals surface area contributed by atoms with E-state index in [-0.39, 0.29) is 0 Å². The summed E-state index contributed by atoms with van der Waals surface area (Å²) in [5.41, 5.74) is 7.55. The van der Waals surface area contributed by atoms with E-state index in [2.05, 4.69) is 20.9 Å². The van der Waals surface area contributed by atoms with Crippen LogP contribution in [0.4, 0.5) is 0 Å². The first-order valence-corrected chi connectivity index (χ1v) is 7.31. The zero-order valence-electron chi connectivity index (χ0n) is 10.2. The molecule has 0 atom stereocenters. The van der Waals surface area contributed by atoms with Crippen LogP contribution in [0.3, 0.4) is 0 Å². The van der Waals surface area contributed by atoms with Crippen LogP contribution < -0.4 is 5.73 Å². The lowest BCUT2D eigenvalue weighted by Crippen LogP contribution is -2.20. The van der Waals surface area contributed by atoms with Crippen molar-refractivity contribution < 1.29 is 4.42 Å². The molecule has 1 fully saturated rings. The molecule has 18 heavy (non-hydrogen) atoms. The SMILES string of the molecule is NCC1CCC(c2nc3cc(Br)ccc3o2)CC1. The number of nitrogens with zero attached hydrogens (tertiary/aromatic N) is 1. The third kappa shape index (κ3) is 2.31. The molecule has 1 aliphatic carbocycles. The van der Waals surface area contributed by atoms with Gasteiger partial charge in [-0.25, -0.2) is 4.98 Å². The average Bonchev–Trinajstić information content (AvgIpc) is 2.81. The van der Waals surface area contributed by atoms with Gasteiger partial charge in [0, 0.05) is 10.4 Å². The van der Waals surface area contributed by atoms with Crippen molar-refractivity contribution in [3.8, 4) is 0 Å².